The molecule has 0 aromatic carbocycles. The van der Waals surface area contributed by atoms with Gasteiger partial charge in [-0.2, -0.15) is 0 Å². The lowest BCUT2D eigenvalue weighted by molar-refractivity contribution is 0.206. The van der Waals surface area contributed by atoms with E-state index in [9.17, 15) is 0 Å². The fourth-order valence-corrected chi connectivity index (χ4v) is 3.12. The summed E-state index contributed by atoms with van der Waals surface area (Å²) in [5.74, 6) is 1.70. The Hall–Kier alpha value is -1.16. The number of likely N-dealkylation sites (tertiary alicyclic amines) is 1. The van der Waals surface area contributed by atoms with Crippen molar-refractivity contribution >= 4 is 5.82 Å². The SMILES string of the molecule is CCNc1cnc(CN2CCCC(C(C)(C)C)CC2)cn1. The lowest BCUT2D eigenvalue weighted by Crippen LogP contribution is -2.26. The third-order valence-electron chi connectivity index (χ3n) is 4.49. The van der Waals surface area contributed by atoms with E-state index in [4.69, 9.17) is 0 Å². The third kappa shape index (κ3) is 4.95. The number of hydrogen-bond acceptors (Lipinski definition) is 4. The maximum atomic E-state index is 4.52. The molecule has 2 heterocycles. The van der Waals surface area contributed by atoms with Crippen molar-refractivity contribution in [1.29, 1.82) is 0 Å². The number of anilines is 1. The average Bonchev–Trinajstić information content (AvgIpc) is 2.66. The van der Waals surface area contributed by atoms with E-state index in [2.05, 4.69) is 47.9 Å². The highest BCUT2D eigenvalue weighted by Gasteiger charge is 2.27. The number of nitrogens with one attached hydrogen (secondary N) is 1. The molecule has 2 rings (SSSR count). The van der Waals surface area contributed by atoms with Crippen LogP contribution in [-0.2, 0) is 6.54 Å². The van der Waals surface area contributed by atoms with E-state index in [0.717, 1.165) is 30.5 Å². The Bertz CT molecular complexity index is 421. The summed E-state index contributed by atoms with van der Waals surface area (Å²) in [4.78, 5) is 11.5. The van der Waals surface area contributed by atoms with E-state index in [0.29, 0.717) is 5.41 Å². The van der Waals surface area contributed by atoms with E-state index < -0.39 is 0 Å². The molecule has 21 heavy (non-hydrogen) atoms. The van der Waals surface area contributed by atoms with Gasteiger partial charge in [0.2, 0.25) is 0 Å². The van der Waals surface area contributed by atoms with Crippen molar-refractivity contribution in [2.45, 2.75) is 53.5 Å². The van der Waals surface area contributed by atoms with Crippen molar-refractivity contribution in [3.8, 4) is 0 Å². The van der Waals surface area contributed by atoms with Crippen molar-refractivity contribution in [2.24, 2.45) is 11.3 Å². The van der Waals surface area contributed by atoms with Crippen LogP contribution in [0.5, 0.6) is 0 Å². The molecule has 4 heteroatoms. The average molecular weight is 290 g/mol. The zero-order chi connectivity index (χ0) is 15.3. The largest absolute Gasteiger partial charge is 0.369 e. The fourth-order valence-electron chi connectivity index (χ4n) is 3.12. The number of aromatic nitrogens is 2. The van der Waals surface area contributed by atoms with Gasteiger partial charge < -0.3 is 5.32 Å². The molecule has 4 nitrogen and oxygen atoms in total. The molecule has 1 aromatic rings. The molecule has 0 aliphatic carbocycles. The highest BCUT2D eigenvalue weighted by atomic mass is 15.1. The van der Waals surface area contributed by atoms with Crippen LogP contribution in [0.3, 0.4) is 0 Å². The lowest BCUT2D eigenvalue weighted by Gasteiger charge is -2.29. The highest BCUT2D eigenvalue weighted by Crippen LogP contribution is 2.34. The first-order valence-corrected chi connectivity index (χ1v) is 8.26. The minimum absolute atomic E-state index is 0.434. The molecule has 1 aliphatic heterocycles. The van der Waals surface area contributed by atoms with Gasteiger partial charge in [-0.25, -0.2) is 4.98 Å². The van der Waals surface area contributed by atoms with Crippen LogP contribution in [0.2, 0.25) is 0 Å². The first kappa shape index (κ1) is 16.2. The van der Waals surface area contributed by atoms with Crippen molar-refractivity contribution in [2.75, 3.05) is 25.0 Å². The van der Waals surface area contributed by atoms with Crippen molar-refractivity contribution in [3.05, 3.63) is 18.1 Å². The van der Waals surface area contributed by atoms with E-state index in [1.807, 2.05) is 12.4 Å². The van der Waals surface area contributed by atoms with Gasteiger partial charge in [-0.1, -0.05) is 20.8 Å². The Morgan fingerprint density at radius 1 is 1.19 bits per heavy atom. The van der Waals surface area contributed by atoms with Crippen molar-refractivity contribution < 1.29 is 0 Å². The number of hydrogen-bond donors (Lipinski definition) is 1. The molecule has 0 saturated carbocycles. The maximum absolute atomic E-state index is 4.52. The Morgan fingerprint density at radius 2 is 2.00 bits per heavy atom. The zero-order valence-electron chi connectivity index (χ0n) is 14.0. The molecule has 1 aromatic heterocycles. The van der Waals surface area contributed by atoms with Crippen LogP contribution in [0.25, 0.3) is 0 Å². The topological polar surface area (TPSA) is 41.1 Å². The lowest BCUT2D eigenvalue weighted by atomic mass is 9.77. The normalized spacial score (nSPS) is 21.0. The van der Waals surface area contributed by atoms with Crippen LogP contribution < -0.4 is 5.32 Å². The van der Waals surface area contributed by atoms with Crippen LogP contribution >= 0.6 is 0 Å². The molecule has 1 unspecified atom stereocenters. The van der Waals surface area contributed by atoms with Crippen LogP contribution in [0.15, 0.2) is 12.4 Å². The predicted molar refractivity (Wildman–Crippen MR) is 88.3 cm³/mol. The van der Waals surface area contributed by atoms with E-state index in [-0.39, 0.29) is 0 Å². The molecular weight excluding hydrogens is 260 g/mol. The molecule has 1 saturated heterocycles. The summed E-state index contributed by atoms with van der Waals surface area (Å²) in [7, 11) is 0. The quantitative estimate of drug-likeness (QED) is 0.920. The molecule has 0 radical (unpaired) electrons. The van der Waals surface area contributed by atoms with Crippen LogP contribution in [0, 0.1) is 11.3 Å². The van der Waals surface area contributed by atoms with Gasteiger partial charge in [0.25, 0.3) is 0 Å². The second-order valence-electron chi connectivity index (χ2n) is 7.19. The Kier molecular flexibility index (Phi) is 5.57. The summed E-state index contributed by atoms with van der Waals surface area (Å²) in [6, 6.07) is 0. The number of rotatable bonds is 4. The molecule has 0 spiro atoms. The Balaban J connectivity index is 1.88. The van der Waals surface area contributed by atoms with Crippen molar-refractivity contribution in [1.82, 2.24) is 14.9 Å². The number of nitrogens with zero attached hydrogens (tertiary/aromatic N) is 3. The molecule has 0 amide bonds. The van der Waals surface area contributed by atoms with Gasteiger partial charge in [-0.15, -0.1) is 0 Å². The highest BCUT2D eigenvalue weighted by molar-refractivity contribution is 5.30. The van der Waals surface area contributed by atoms with Crippen LogP contribution in [-0.4, -0.2) is 34.5 Å². The zero-order valence-corrected chi connectivity index (χ0v) is 14.0. The monoisotopic (exact) mass is 290 g/mol. The first-order valence-electron chi connectivity index (χ1n) is 8.26. The third-order valence-corrected chi connectivity index (χ3v) is 4.49. The molecule has 0 bridgehead atoms. The molecule has 1 fully saturated rings. The first-order chi connectivity index (χ1) is 9.99. The summed E-state index contributed by atoms with van der Waals surface area (Å²) >= 11 is 0. The Labute approximate surface area is 129 Å². The summed E-state index contributed by atoms with van der Waals surface area (Å²) in [5.41, 5.74) is 1.51. The minimum atomic E-state index is 0.434. The molecule has 1 atom stereocenters. The maximum Gasteiger partial charge on any atom is 0.144 e. The van der Waals surface area contributed by atoms with Gasteiger partial charge in [0.15, 0.2) is 0 Å². The van der Waals surface area contributed by atoms with Gasteiger partial charge in [0.1, 0.15) is 5.82 Å². The summed E-state index contributed by atoms with van der Waals surface area (Å²) in [5, 5.41) is 3.18. The fraction of sp³-hybridized carbons (Fsp3) is 0.765. The smallest absolute Gasteiger partial charge is 0.144 e. The molecular formula is C17H30N4. The minimum Gasteiger partial charge on any atom is -0.369 e. The van der Waals surface area contributed by atoms with E-state index in [1.165, 1.54) is 32.4 Å². The van der Waals surface area contributed by atoms with Crippen LogP contribution in [0.4, 0.5) is 5.82 Å². The molecule has 1 aliphatic rings. The summed E-state index contributed by atoms with van der Waals surface area (Å²) in [6.45, 7) is 13.4. The van der Waals surface area contributed by atoms with Gasteiger partial charge in [0, 0.05) is 13.1 Å². The summed E-state index contributed by atoms with van der Waals surface area (Å²) < 4.78 is 0. The van der Waals surface area contributed by atoms with E-state index in [1.54, 1.807) is 0 Å². The second-order valence-corrected chi connectivity index (χ2v) is 7.19. The van der Waals surface area contributed by atoms with Gasteiger partial charge in [0.05, 0.1) is 18.1 Å². The van der Waals surface area contributed by atoms with Gasteiger partial charge in [-0.3, -0.25) is 9.88 Å². The Morgan fingerprint density at radius 3 is 2.62 bits per heavy atom. The van der Waals surface area contributed by atoms with E-state index >= 15 is 0 Å². The van der Waals surface area contributed by atoms with Crippen molar-refractivity contribution in [3.63, 3.8) is 0 Å². The van der Waals surface area contributed by atoms with Gasteiger partial charge in [-0.05, 0) is 50.6 Å². The van der Waals surface area contributed by atoms with Crippen LogP contribution in [0.1, 0.15) is 52.7 Å². The molecule has 118 valence electrons. The second kappa shape index (κ2) is 7.21. The predicted octanol–water partition coefficient (Wildman–Crippen LogP) is 3.56. The summed E-state index contributed by atoms with van der Waals surface area (Å²) in [6.07, 6.45) is 7.70. The van der Waals surface area contributed by atoms with Gasteiger partial charge >= 0.3 is 0 Å². The standard InChI is InChI=1S/C17H30N4/c1-5-18-16-12-19-15(11-20-16)13-21-9-6-7-14(8-10-21)17(2,3)4/h11-12,14H,5-10,13H2,1-4H3,(H,18,20). The molecule has 1 N–H and O–H groups in total.